The first-order valence-electron chi connectivity index (χ1n) is 11.1. The van der Waals surface area contributed by atoms with E-state index in [4.69, 9.17) is 23.2 Å². The van der Waals surface area contributed by atoms with Gasteiger partial charge in [-0.05, 0) is 57.7 Å². The van der Waals surface area contributed by atoms with Crippen LogP contribution in [0.4, 0.5) is 5.69 Å². The van der Waals surface area contributed by atoms with Crippen molar-refractivity contribution in [3.8, 4) is 0 Å². The maximum atomic E-state index is 13.6. The minimum atomic E-state index is -3.96. The van der Waals surface area contributed by atoms with E-state index in [0.29, 0.717) is 11.4 Å². The normalized spacial score (nSPS) is 11.8. The molecular weight excluding hydrogens is 481 g/mol. The van der Waals surface area contributed by atoms with E-state index in [0.717, 1.165) is 49.9 Å². The van der Waals surface area contributed by atoms with Crippen LogP contribution in [0.1, 0.15) is 49.6 Å². The maximum Gasteiger partial charge on any atom is 0.267 e. The number of hydrogen-bond acceptors (Lipinski definition) is 4. The highest BCUT2D eigenvalue weighted by Crippen LogP contribution is 2.37. The van der Waals surface area contributed by atoms with Gasteiger partial charge >= 0.3 is 0 Å². The molecule has 10 heteroatoms. The molecule has 3 rings (SSSR count). The summed E-state index contributed by atoms with van der Waals surface area (Å²) in [5.74, 6) is 0. The van der Waals surface area contributed by atoms with Crippen LogP contribution in [0, 0.1) is 13.8 Å². The Labute approximate surface area is 206 Å². The van der Waals surface area contributed by atoms with Crippen molar-refractivity contribution >= 4 is 38.9 Å². The Balaban J connectivity index is 1.70. The predicted octanol–water partition coefficient (Wildman–Crippen LogP) is 5.56. The smallest absolute Gasteiger partial charge is 0.267 e. The van der Waals surface area contributed by atoms with Crippen molar-refractivity contribution in [1.29, 1.82) is 0 Å². The lowest BCUT2D eigenvalue weighted by molar-refractivity contribution is 0.571. The Hall–Kier alpha value is -2.03. The van der Waals surface area contributed by atoms with Crippen molar-refractivity contribution in [2.75, 3.05) is 10.8 Å². The summed E-state index contributed by atoms with van der Waals surface area (Å²) in [4.78, 5) is 3.99. The van der Waals surface area contributed by atoms with Crippen LogP contribution in [0.3, 0.4) is 0 Å². The molecule has 2 heterocycles. The van der Waals surface area contributed by atoms with Gasteiger partial charge in [0.1, 0.15) is 4.90 Å². The van der Waals surface area contributed by atoms with Crippen LogP contribution in [0.25, 0.3) is 0 Å². The Morgan fingerprint density at radius 1 is 1.06 bits per heavy atom. The zero-order chi connectivity index (χ0) is 24.2. The topological polar surface area (TPSA) is 73.0 Å². The lowest BCUT2D eigenvalue weighted by Gasteiger charge is -2.24. The predicted molar refractivity (Wildman–Crippen MR) is 134 cm³/mol. The molecule has 0 amide bonds. The van der Waals surface area contributed by atoms with Gasteiger partial charge in [0.15, 0.2) is 0 Å². The zero-order valence-corrected chi connectivity index (χ0v) is 21.9. The molecule has 0 atom stereocenters. The molecule has 0 fully saturated rings. The van der Waals surface area contributed by atoms with Crippen LogP contribution in [-0.2, 0) is 30.0 Å². The summed E-state index contributed by atoms with van der Waals surface area (Å²) in [5, 5.41) is 4.65. The van der Waals surface area contributed by atoms with E-state index in [1.165, 1.54) is 4.31 Å². The number of imidazole rings is 1. The van der Waals surface area contributed by atoms with Gasteiger partial charge in [0, 0.05) is 32.5 Å². The quantitative estimate of drug-likeness (QED) is 0.316. The molecule has 0 saturated heterocycles. The number of sulfonamides is 1. The monoisotopic (exact) mass is 511 g/mol. The summed E-state index contributed by atoms with van der Waals surface area (Å²) in [5.41, 5.74) is 2.90. The fourth-order valence-electron chi connectivity index (χ4n) is 4.08. The molecule has 0 N–H and O–H groups in total. The Bertz CT molecular complexity index is 1170. The molecule has 7 nitrogen and oxygen atoms in total. The molecule has 0 aliphatic rings. The van der Waals surface area contributed by atoms with E-state index in [9.17, 15) is 8.42 Å². The minimum absolute atomic E-state index is 0.0561. The molecule has 0 bridgehead atoms. The second-order valence-corrected chi connectivity index (χ2v) is 10.8. The molecular formula is C23H31Cl2N5O2S. The van der Waals surface area contributed by atoms with Gasteiger partial charge in [0.2, 0.25) is 0 Å². The number of unbranched alkanes of at least 4 members (excludes halogenated alkanes) is 3. The third kappa shape index (κ3) is 5.73. The van der Waals surface area contributed by atoms with Crippen LogP contribution in [0.15, 0.2) is 35.7 Å². The van der Waals surface area contributed by atoms with Crippen molar-refractivity contribution < 1.29 is 8.42 Å². The van der Waals surface area contributed by atoms with Crippen molar-refractivity contribution in [3.05, 3.63) is 57.9 Å². The van der Waals surface area contributed by atoms with Crippen molar-refractivity contribution in [2.24, 2.45) is 7.05 Å². The summed E-state index contributed by atoms with van der Waals surface area (Å²) in [6.45, 7) is 6.63. The average molecular weight is 513 g/mol. The molecule has 0 radical (unpaired) electrons. The highest BCUT2D eigenvalue weighted by atomic mass is 35.5. The number of halogens is 2. The summed E-state index contributed by atoms with van der Waals surface area (Å²) in [7, 11) is -2.17. The molecule has 0 aliphatic heterocycles. The van der Waals surface area contributed by atoms with Crippen molar-refractivity contribution in [3.63, 3.8) is 0 Å². The zero-order valence-electron chi connectivity index (χ0n) is 19.6. The first-order valence-corrected chi connectivity index (χ1v) is 13.3. The molecule has 0 spiro atoms. The highest BCUT2D eigenvalue weighted by Gasteiger charge is 2.32. The average Bonchev–Trinajstić information content (AvgIpc) is 3.34. The fraction of sp³-hybridized carbons (Fsp3) is 0.478. The number of anilines is 1. The third-order valence-electron chi connectivity index (χ3n) is 5.80. The summed E-state index contributed by atoms with van der Waals surface area (Å²) < 4.78 is 32.2. The Morgan fingerprint density at radius 3 is 2.27 bits per heavy atom. The van der Waals surface area contributed by atoms with Crippen LogP contribution >= 0.6 is 23.2 Å². The van der Waals surface area contributed by atoms with E-state index in [-0.39, 0.29) is 21.5 Å². The summed E-state index contributed by atoms with van der Waals surface area (Å²) in [6, 6.07) is 3.45. The SMILES string of the molecule is CCN(c1c(C)nn(C)c1C)S(=O)(=O)c1c(Cl)cc(CCCCCCn2ccnc2)cc1Cl. The van der Waals surface area contributed by atoms with Crippen molar-refractivity contribution in [1.82, 2.24) is 19.3 Å². The second-order valence-electron chi connectivity index (χ2n) is 8.17. The van der Waals surface area contributed by atoms with E-state index in [1.807, 2.05) is 19.4 Å². The molecule has 1 aromatic carbocycles. The molecule has 0 saturated carbocycles. The van der Waals surface area contributed by atoms with E-state index < -0.39 is 10.0 Å². The minimum Gasteiger partial charge on any atom is -0.337 e. The second kappa shape index (κ2) is 10.9. The van der Waals surface area contributed by atoms with Gasteiger partial charge in [-0.1, -0.05) is 36.0 Å². The molecule has 3 aromatic rings. The number of rotatable bonds is 11. The maximum absolute atomic E-state index is 13.6. The van der Waals surface area contributed by atoms with Gasteiger partial charge in [-0.2, -0.15) is 5.10 Å². The van der Waals surface area contributed by atoms with E-state index >= 15 is 0 Å². The fourth-order valence-corrected chi connectivity index (χ4v) is 6.87. The number of nitrogens with zero attached hydrogens (tertiary/aromatic N) is 5. The lowest BCUT2D eigenvalue weighted by atomic mass is 10.1. The van der Waals surface area contributed by atoms with Gasteiger partial charge in [-0.15, -0.1) is 0 Å². The molecule has 2 aromatic heterocycles. The number of hydrogen-bond donors (Lipinski definition) is 0. The van der Waals surface area contributed by atoms with E-state index in [2.05, 4.69) is 14.6 Å². The first-order chi connectivity index (χ1) is 15.7. The summed E-state index contributed by atoms with van der Waals surface area (Å²) >= 11 is 13.0. The molecule has 0 unspecified atom stereocenters. The molecule has 33 heavy (non-hydrogen) atoms. The van der Waals surface area contributed by atoms with Crippen LogP contribution in [0.5, 0.6) is 0 Å². The standard InChI is InChI=1S/C23H31Cl2N5O2S/c1-5-30(22-17(2)27-28(4)18(22)3)33(31,32)23-20(24)14-19(15-21(23)25)10-8-6-7-9-12-29-13-11-26-16-29/h11,13-16H,5-10,12H2,1-4H3. The van der Waals surface area contributed by atoms with Crippen LogP contribution < -0.4 is 4.31 Å². The van der Waals surface area contributed by atoms with Gasteiger partial charge in [0.05, 0.1) is 33.4 Å². The van der Waals surface area contributed by atoms with Crippen molar-refractivity contribution in [2.45, 2.75) is 64.3 Å². The van der Waals surface area contributed by atoms with Gasteiger partial charge in [-0.25, -0.2) is 13.4 Å². The Kier molecular flexibility index (Phi) is 8.48. The van der Waals surface area contributed by atoms with Gasteiger partial charge in [0.25, 0.3) is 10.0 Å². The molecule has 0 aliphatic carbocycles. The summed E-state index contributed by atoms with van der Waals surface area (Å²) in [6.07, 6.45) is 10.6. The van der Waals surface area contributed by atoms with Crippen LogP contribution in [-0.4, -0.2) is 34.3 Å². The van der Waals surface area contributed by atoms with Gasteiger partial charge in [-0.3, -0.25) is 8.99 Å². The van der Waals surface area contributed by atoms with E-state index in [1.54, 1.807) is 43.9 Å². The third-order valence-corrected chi connectivity index (χ3v) is 8.60. The van der Waals surface area contributed by atoms with Crippen LogP contribution in [0.2, 0.25) is 10.0 Å². The number of aromatic nitrogens is 4. The lowest BCUT2D eigenvalue weighted by Crippen LogP contribution is -2.32. The largest absolute Gasteiger partial charge is 0.337 e. The molecule has 180 valence electrons. The number of aryl methyl sites for hydroxylation is 4. The van der Waals surface area contributed by atoms with Gasteiger partial charge < -0.3 is 4.57 Å². The number of benzene rings is 1. The Morgan fingerprint density at radius 2 is 1.73 bits per heavy atom. The first kappa shape index (κ1) is 25.6. The highest BCUT2D eigenvalue weighted by molar-refractivity contribution is 7.93.